The molecule has 2 fully saturated rings. The molecule has 0 radical (unpaired) electrons. The first-order valence-corrected chi connectivity index (χ1v) is 11.3. The van der Waals surface area contributed by atoms with Crippen molar-refractivity contribution in [1.29, 1.82) is 0 Å². The number of aromatic nitrogens is 1. The predicted octanol–water partition coefficient (Wildman–Crippen LogP) is 4.81. The minimum Gasteiger partial charge on any atom is -0.317 e. The monoisotopic (exact) mass is 383 g/mol. The summed E-state index contributed by atoms with van der Waals surface area (Å²) in [6.45, 7) is 6.59. The van der Waals surface area contributed by atoms with Crippen molar-refractivity contribution in [3.63, 3.8) is 0 Å². The van der Waals surface area contributed by atoms with Crippen LogP contribution in [-0.2, 0) is 13.1 Å². The Morgan fingerprint density at radius 1 is 1.19 bits per heavy atom. The van der Waals surface area contributed by atoms with Crippen LogP contribution < -0.4 is 5.32 Å². The average molecular weight is 384 g/mol. The standard InChI is InChI=1S/C21H25N3S2/c1-15-23-18-3-2-16(10-19(18)26-15)12-24(13-17-4-9-25-14-17)20-11-21(20)5-7-22-8-6-21/h2-4,9-10,14,20,22H,5-8,11-13H2,1H3. The number of hydrogen-bond donors (Lipinski definition) is 1. The molecule has 3 nitrogen and oxygen atoms in total. The Morgan fingerprint density at radius 2 is 2.04 bits per heavy atom. The molecule has 2 aromatic heterocycles. The topological polar surface area (TPSA) is 28.2 Å². The Labute approximate surface area is 163 Å². The van der Waals surface area contributed by atoms with E-state index in [2.05, 4.69) is 57.2 Å². The van der Waals surface area contributed by atoms with Crippen molar-refractivity contribution in [2.45, 2.75) is 45.3 Å². The van der Waals surface area contributed by atoms with Gasteiger partial charge in [0.25, 0.3) is 0 Å². The molecule has 5 heteroatoms. The number of hydrogen-bond acceptors (Lipinski definition) is 5. The van der Waals surface area contributed by atoms with Crippen LogP contribution >= 0.6 is 22.7 Å². The van der Waals surface area contributed by atoms with Gasteiger partial charge in [0.2, 0.25) is 0 Å². The molecular formula is C21H25N3S2. The summed E-state index contributed by atoms with van der Waals surface area (Å²) in [7, 11) is 0. The molecule has 0 amide bonds. The fourth-order valence-electron chi connectivity index (χ4n) is 4.62. The molecule has 5 rings (SSSR count). The molecule has 1 aliphatic heterocycles. The van der Waals surface area contributed by atoms with Gasteiger partial charge >= 0.3 is 0 Å². The Kier molecular flexibility index (Phi) is 4.36. The lowest BCUT2D eigenvalue weighted by Gasteiger charge is -2.29. The molecule has 3 aromatic rings. The highest BCUT2D eigenvalue weighted by Gasteiger charge is 2.56. The zero-order valence-electron chi connectivity index (χ0n) is 15.2. The van der Waals surface area contributed by atoms with Crippen LogP contribution in [0.1, 0.15) is 35.4 Å². The highest BCUT2D eigenvalue weighted by molar-refractivity contribution is 7.18. The van der Waals surface area contributed by atoms with Crippen LogP contribution in [0.3, 0.4) is 0 Å². The molecule has 1 N–H and O–H groups in total. The summed E-state index contributed by atoms with van der Waals surface area (Å²) >= 11 is 3.62. The average Bonchev–Trinajstić information content (AvgIpc) is 3.00. The number of rotatable bonds is 5. The fourth-order valence-corrected chi connectivity index (χ4v) is 6.17. The van der Waals surface area contributed by atoms with E-state index in [0.717, 1.165) is 29.7 Å². The third kappa shape index (κ3) is 3.22. The Hall–Kier alpha value is -1.27. The van der Waals surface area contributed by atoms with E-state index in [4.69, 9.17) is 0 Å². The van der Waals surface area contributed by atoms with Gasteiger partial charge in [0.1, 0.15) is 0 Å². The third-order valence-electron chi connectivity index (χ3n) is 6.10. The zero-order valence-corrected chi connectivity index (χ0v) is 16.8. The number of nitrogens with one attached hydrogen (secondary N) is 1. The SMILES string of the molecule is Cc1nc2ccc(CN(Cc3ccsc3)C3CC34CCNCC4)cc2s1. The second-order valence-electron chi connectivity index (χ2n) is 7.90. The van der Waals surface area contributed by atoms with Crippen LogP contribution in [0.25, 0.3) is 10.2 Å². The lowest BCUT2D eigenvalue weighted by atomic mass is 9.93. The minimum atomic E-state index is 0.576. The van der Waals surface area contributed by atoms with Gasteiger partial charge in [-0.15, -0.1) is 11.3 Å². The van der Waals surface area contributed by atoms with E-state index in [-0.39, 0.29) is 0 Å². The summed E-state index contributed by atoms with van der Waals surface area (Å²) in [5.41, 5.74) is 4.60. The Balaban J connectivity index is 1.39. The van der Waals surface area contributed by atoms with E-state index < -0.39 is 0 Å². The predicted molar refractivity (Wildman–Crippen MR) is 111 cm³/mol. The molecule has 1 atom stereocenters. The summed E-state index contributed by atoms with van der Waals surface area (Å²) < 4.78 is 1.32. The molecule has 26 heavy (non-hydrogen) atoms. The zero-order chi connectivity index (χ0) is 17.6. The van der Waals surface area contributed by atoms with Crippen LogP contribution in [0.2, 0.25) is 0 Å². The van der Waals surface area contributed by atoms with Crippen LogP contribution in [0.4, 0.5) is 0 Å². The maximum Gasteiger partial charge on any atom is 0.0907 e. The first kappa shape index (κ1) is 16.9. The third-order valence-corrected chi connectivity index (χ3v) is 7.76. The minimum absolute atomic E-state index is 0.576. The highest BCUT2D eigenvalue weighted by Crippen LogP contribution is 2.56. The van der Waals surface area contributed by atoms with Gasteiger partial charge in [-0.25, -0.2) is 4.98 Å². The molecule has 1 aliphatic carbocycles. The molecule has 1 saturated carbocycles. The van der Waals surface area contributed by atoms with E-state index >= 15 is 0 Å². The van der Waals surface area contributed by atoms with Crippen LogP contribution in [0.15, 0.2) is 35.0 Å². The summed E-state index contributed by atoms with van der Waals surface area (Å²) in [4.78, 5) is 7.35. The van der Waals surface area contributed by atoms with Gasteiger partial charge in [0.15, 0.2) is 0 Å². The maximum atomic E-state index is 4.61. The van der Waals surface area contributed by atoms with Crippen LogP contribution in [0, 0.1) is 12.3 Å². The van der Waals surface area contributed by atoms with Crippen LogP contribution in [0.5, 0.6) is 0 Å². The van der Waals surface area contributed by atoms with Crippen molar-refractivity contribution < 1.29 is 0 Å². The van der Waals surface area contributed by atoms with Crippen molar-refractivity contribution in [1.82, 2.24) is 15.2 Å². The number of benzene rings is 1. The molecule has 1 saturated heterocycles. The number of nitrogens with zero attached hydrogens (tertiary/aromatic N) is 2. The molecule has 3 heterocycles. The number of aryl methyl sites for hydroxylation is 1. The summed E-state index contributed by atoms with van der Waals surface area (Å²) in [5.74, 6) is 0. The van der Waals surface area contributed by atoms with Crippen molar-refractivity contribution in [3.8, 4) is 0 Å². The second kappa shape index (κ2) is 6.71. The van der Waals surface area contributed by atoms with Gasteiger partial charge in [-0.1, -0.05) is 6.07 Å². The van der Waals surface area contributed by atoms with E-state index in [1.165, 1.54) is 48.2 Å². The first-order valence-electron chi connectivity index (χ1n) is 9.54. The van der Waals surface area contributed by atoms with E-state index in [1.807, 2.05) is 22.7 Å². The van der Waals surface area contributed by atoms with Crippen molar-refractivity contribution in [3.05, 3.63) is 51.2 Å². The number of piperidine rings is 1. The molecule has 136 valence electrons. The second-order valence-corrected chi connectivity index (χ2v) is 9.92. The maximum absolute atomic E-state index is 4.61. The van der Waals surface area contributed by atoms with Gasteiger partial charge in [-0.3, -0.25) is 4.90 Å². The largest absolute Gasteiger partial charge is 0.317 e. The Bertz CT molecular complexity index is 893. The van der Waals surface area contributed by atoms with Gasteiger partial charge in [-0.2, -0.15) is 11.3 Å². The number of thiophene rings is 1. The number of thiazole rings is 1. The van der Waals surface area contributed by atoms with E-state index in [1.54, 1.807) is 0 Å². The summed E-state index contributed by atoms with van der Waals surface area (Å²) in [6, 6.07) is 9.86. The van der Waals surface area contributed by atoms with E-state index in [9.17, 15) is 0 Å². The summed E-state index contributed by atoms with van der Waals surface area (Å²) in [5, 5.41) is 9.20. The fraction of sp³-hybridized carbons (Fsp3) is 0.476. The molecule has 1 aromatic carbocycles. The molecule has 1 unspecified atom stereocenters. The van der Waals surface area contributed by atoms with Gasteiger partial charge in [-0.05, 0) is 84.8 Å². The van der Waals surface area contributed by atoms with Gasteiger partial charge in [0, 0.05) is 19.1 Å². The molecular weight excluding hydrogens is 358 g/mol. The van der Waals surface area contributed by atoms with Crippen molar-refractivity contribution in [2.75, 3.05) is 13.1 Å². The van der Waals surface area contributed by atoms with E-state index in [0.29, 0.717) is 5.41 Å². The first-order chi connectivity index (χ1) is 12.7. The van der Waals surface area contributed by atoms with Gasteiger partial charge in [0.05, 0.1) is 15.2 Å². The Morgan fingerprint density at radius 3 is 2.85 bits per heavy atom. The molecule has 2 aliphatic rings. The van der Waals surface area contributed by atoms with Crippen molar-refractivity contribution in [2.24, 2.45) is 5.41 Å². The molecule has 0 bridgehead atoms. The smallest absolute Gasteiger partial charge is 0.0907 e. The lowest BCUT2D eigenvalue weighted by molar-refractivity contribution is 0.188. The lowest BCUT2D eigenvalue weighted by Crippen LogP contribution is -2.35. The quantitative estimate of drug-likeness (QED) is 0.685. The molecule has 1 spiro atoms. The van der Waals surface area contributed by atoms with Crippen molar-refractivity contribution >= 4 is 32.9 Å². The van der Waals surface area contributed by atoms with Gasteiger partial charge < -0.3 is 5.32 Å². The number of fused-ring (bicyclic) bond motifs is 1. The highest BCUT2D eigenvalue weighted by atomic mass is 32.1. The summed E-state index contributed by atoms with van der Waals surface area (Å²) in [6.07, 6.45) is 4.05. The normalized spacial score (nSPS) is 21.7. The van der Waals surface area contributed by atoms with Crippen LogP contribution in [-0.4, -0.2) is 29.0 Å².